The van der Waals surface area contributed by atoms with Crippen molar-refractivity contribution in [3.05, 3.63) is 59.9 Å². The van der Waals surface area contributed by atoms with Crippen molar-refractivity contribution < 1.29 is 13.9 Å². The third kappa shape index (κ3) is 4.56. The first kappa shape index (κ1) is 20.2. The molecule has 0 saturated heterocycles. The number of benzene rings is 2. The molecule has 158 valence electrons. The molecule has 1 saturated carbocycles. The highest BCUT2D eigenvalue weighted by atomic mass is 19.1. The first-order chi connectivity index (χ1) is 14.6. The van der Waals surface area contributed by atoms with E-state index in [2.05, 4.69) is 27.0 Å². The third-order valence-corrected chi connectivity index (χ3v) is 5.77. The van der Waals surface area contributed by atoms with Crippen LogP contribution in [0.2, 0.25) is 0 Å². The summed E-state index contributed by atoms with van der Waals surface area (Å²) in [5, 5.41) is 9.19. The molecule has 1 unspecified atom stereocenters. The van der Waals surface area contributed by atoms with Gasteiger partial charge in [0.1, 0.15) is 17.2 Å². The molecule has 4 rings (SSSR count). The number of carbonyl (C=O) groups is 1. The summed E-state index contributed by atoms with van der Waals surface area (Å²) in [6, 6.07) is 14.0. The van der Waals surface area contributed by atoms with Gasteiger partial charge in [0.2, 0.25) is 5.91 Å². The standard InChI is InChI=1S/C23H27FN4O2/c1-25-22(26-15-21(29)27-17-8-6-7-16(24)13-17)28-19-14-23(11-4-5-12-23)30-20-10-3-2-9-18(19)20/h2-3,6-10,13,19H,4-5,11-12,14-15H2,1H3,(H,27,29)(H2,25,26,28). The molecule has 1 spiro atoms. The van der Waals surface area contributed by atoms with Crippen LogP contribution in [0.1, 0.15) is 43.7 Å². The summed E-state index contributed by atoms with van der Waals surface area (Å²) >= 11 is 0. The fourth-order valence-electron chi connectivity index (χ4n) is 4.37. The highest BCUT2D eigenvalue weighted by Gasteiger charge is 2.43. The van der Waals surface area contributed by atoms with Gasteiger partial charge in [-0.15, -0.1) is 0 Å². The lowest BCUT2D eigenvalue weighted by Crippen LogP contribution is -2.47. The molecule has 30 heavy (non-hydrogen) atoms. The Bertz CT molecular complexity index is 940. The number of amides is 1. The quantitative estimate of drug-likeness (QED) is 0.530. The van der Waals surface area contributed by atoms with Gasteiger partial charge in [0, 0.05) is 24.7 Å². The highest BCUT2D eigenvalue weighted by Crippen LogP contribution is 2.46. The predicted molar refractivity (Wildman–Crippen MR) is 115 cm³/mol. The zero-order valence-electron chi connectivity index (χ0n) is 17.1. The fraction of sp³-hybridized carbons (Fsp3) is 0.391. The number of fused-ring (bicyclic) bond motifs is 1. The Kier molecular flexibility index (Phi) is 5.88. The zero-order chi connectivity index (χ0) is 21.0. The molecule has 1 amide bonds. The number of guanidine groups is 1. The van der Waals surface area contributed by atoms with Gasteiger partial charge in [0.05, 0.1) is 12.6 Å². The summed E-state index contributed by atoms with van der Waals surface area (Å²) < 4.78 is 19.7. The summed E-state index contributed by atoms with van der Waals surface area (Å²) in [7, 11) is 1.68. The van der Waals surface area contributed by atoms with Crippen molar-refractivity contribution in [2.24, 2.45) is 4.99 Å². The second kappa shape index (κ2) is 8.73. The maximum atomic E-state index is 13.3. The zero-order valence-corrected chi connectivity index (χ0v) is 17.1. The third-order valence-electron chi connectivity index (χ3n) is 5.77. The lowest BCUT2D eigenvalue weighted by molar-refractivity contribution is -0.115. The topological polar surface area (TPSA) is 74.8 Å². The van der Waals surface area contributed by atoms with Gasteiger partial charge in [-0.3, -0.25) is 9.79 Å². The molecule has 3 N–H and O–H groups in total. The van der Waals surface area contributed by atoms with Crippen LogP contribution >= 0.6 is 0 Å². The number of ether oxygens (including phenoxy) is 1. The van der Waals surface area contributed by atoms with E-state index in [0.29, 0.717) is 11.6 Å². The van der Waals surface area contributed by atoms with E-state index in [1.165, 1.54) is 25.0 Å². The first-order valence-corrected chi connectivity index (χ1v) is 10.4. The summed E-state index contributed by atoms with van der Waals surface area (Å²) in [4.78, 5) is 16.5. The van der Waals surface area contributed by atoms with Crippen LogP contribution in [0.25, 0.3) is 0 Å². The number of rotatable bonds is 4. The average Bonchev–Trinajstić information content (AvgIpc) is 3.18. The second-order valence-electron chi connectivity index (χ2n) is 7.92. The average molecular weight is 410 g/mol. The Morgan fingerprint density at radius 3 is 2.77 bits per heavy atom. The summed E-state index contributed by atoms with van der Waals surface area (Å²) in [5.41, 5.74) is 1.40. The van der Waals surface area contributed by atoms with E-state index < -0.39 is 5.82 Å². The van der Waals surface area contributed by atoms with Crippen molar-refractivity contribution in [2.75, 3.05) is 18.9 Å². The second-order valence-corrected chi connectivity index (χ2v) is 7.92. The van der Waals surface area contributed by atoms with E-state index in [9.17, 15) is 9.18 Å². The molecular formula is C23H27FN4O2. The summed E-state index contributed by atoms with van der Waals surface area (Å²) in [6.07, 6.45) is 5.34. The van der Waals surface area contributed by atoms with Crippen molar-refractivity contribution in [3.63, 3.8) is 0 Å². The molecule has 0 bridgehead atoms. The van der Waals surface area contributed by atoms with Crippen molar-refractivity contribution in [3.8, 4) is 5.75 Å². The molecule has 0 radical (unpaired) electrons. The van der Waals surface area contributed by atoms with Crippen LogP contribution in [0.5, 0.6) is 5.75 Å². The minimum atomic E-state index is -0.391. The molecule has 2 aliphatic rings. The van der Waals surface area contributed by atoms with Gasteiger partial charge in [0.25, 0.3) is 0 Å². The number of hydrogen-bond acceptors (Lipinski definition) is 3. The van der Waals surface area contributed by atoms with Gasteiger partial charge in [-0.25, -0.2) is 4.39 Å². The molecule has 0 aromatic heterocycles. The van der Waals surface area contributed by atoms with Gasteiger partial charge >= 0.3 is 0 Å². The Hall–Kier alpha value is -3.09. The van der Waals surface area contributed by atoms with Crippen molar-refractivity contribution in [1.82, 2.24) is 10.6 Å². The Morgan fingerprint density at radius 1 is 1.20 bits per heavy atom. The molecular weight excluding hydrogens is 383 g/mol. The maximum absolute atomic E-state index is 13.3. The predicted octanol–water partition coefficient (Wildman–Crippen LogP) is 3.77. The van der Waals surface area contributed by atoms with Gasteiger partial charge < -0.3 is 20.7 Å². The highest BCUT2D eigenvalue weighted by molar-refractivity contribution is 5.95. The van der Waals surface area contributed by atoms with E-state index in [1.807, 2.05) is 18.2 Å². The number of nitrogens with one attached hydrogen (secondary N) is 3. The molecule has 6 nitrogen and oxygen atoms in total. The van der Waals surface area contributed by atoms with Gasteiger partial charge in [-0.2, -0.15) is 0 Å². The number of anilines is 1. The number of carbonyl (C=O) groups excluding carboxylic acids is 1. The minimum Gasteiger partial charge on any atom is -0.487 e. The van der Waals surface area contributed by atoms with Crippen LogP contribution in [0.3, 0.4) is 0 Å². The van der Waals surface area contributed by atoms with E-state index >= 15 is 0 Å². The van der Waals surface area contributed by atoms with Crippen LogP contribution in [-0.4, -0.2) is 31.1 Å². The number of aliphatic imine (C=N–C) groups is 1. The lowest BCUT2D eigenvalue weighted by atomic mass is 9.86. The molecule has 1 heterocycles. The first-order valence-electron chi connectivity index (χ1n) is 10.4. The Labute approximate surface area is 175 Å². The molecule has 1 aliphatic carbocycles. The number of hydrogen-bond donors (Lipinski definition) is 3. The Balaban J connectivity index is 1.40. The van der Waals surface area contributed by atoms with Gasteiger partial charge in [-0.05, 0) is 49.9 Å². The van der Waals surface area contributed by atoms with E-state index in [0.717, 1.165) is 30.6 Å². The number of halogens is 1. The van der Waals surface area contributed by atoms with E-state index in [4.69, 9.17) is 4.74 Å². The summed E-state index contributed by atoms with van der Waals surface area (Å²) in [6.45, 7) is 0.0200. The molecule has 7 heteroatoms. The van der Waals surface area contributed by atoms with Crippen LogP contribution in [-0.2, 0) is 4.79 Å². The van der Waals surface area contributed by atoms with Crippen LogP contribution < -0.4 is 20.7 Å². The number of para-hydroxylation sites is 1. The van der Waals surface area contributed by atoms with Crippen molar-refractivity contribution in [2.45, 2.75) is 43.7 Å². The molecule has 1 fully saturated rings. The molecule has 1 aliphatic heterocycles. The Morgan fingerprint density at radius 2 is 2.00 bits per heavy atom. The van der Waals surface area contributed by atoms with Crippen LogP contribution in [0.4, 0.5) is 10.1 Å². The lowest BCUT2D eigenvalue weighted by Gasteiger charge is -2.40. The number of nitrogens with zero attached hydrogens (tertiary/aromatic N) is 1. The van der Waals surface area contributed by atoms with Gasteiger partial charge in [-0.1, -0.05) is 24.3 Å². The van der Waals surface area contributed by atoms with Crippen LogP contribution in [0.15, 0.2) is 53.5 Å². The van der Waals surface area contributed by atoms with Crippen molar-refractivity contribution in [1.29, 1.82) is 0 Å². The maximum Gasteiger partial charge on any atom is 0.243 e. The summed E-state index contributed by atoms with van der Waals surface area (Å²) in [5.74, 6) is 0.794. The van der Waals surface area contributed by atoms with E-state index in [-0.39, 0.29) is 24.1 Å². The largest absolute Gasteiger partial charge is 0.487 e. The molecule has 1 atom stereocenters. The smallest absolute Gasteiger partial charge is 0.243 e. The normalized spacial score (nSPS) is 19.7. The van der Waals surface area contributed by atoms with Crippen LogP contribution in [0, 0.1) is 5.82 Å². The molecule has 2 aromatic rings. The SMILES string of the molecule is CN=C(NCC(=O)Nc1cccc(F)c1)NC1CC2(CCCC2)Oc2ccccc21. The molecule has 2 aromatic carbocycles. The minimum absolute atomic E-state index is 0.0200. The van der Waals surface area contributed by atoms with E-state index in [1.54, 1.807) is 19.2 Å². The monoisotopic (exact) mass is 410 g/mol. The fourth-order valence-corrected chi connectivity index (χ4v) is 4.37. The van der Waals surface area contributed by atoms with Crippen molar-refractivity contribution >= 4 is 17.6 Å². The van der Waals surface area contributed by atoms with Gasteiger partial charge in [0.15, 0.2) is 5.96 Å².